The second-order valence-electron chi connectivity index (χ2n) is 9.35. The number of aryl methyl sites for hydroxylation is 1. The van der Waals surface area contributed by atoms with Gasteiger partial charge in [-0.15, -0.1) is 0 Å². The van der Waals surface area contributed by atoms with Crippen molar-refractivity contribution in [1.29, 1.82) is 0 Å². The smallest absolute Gasteiger partial charge is 0.334 e. The molecule has 1 heterocycles. The Morgan fingerprint density at radius 2 is 1.57 bits per heavy atom. The maximum Gasteiger partial charge on any atom is 0.416 e. The van der Waals surface area contributed by atoms with E-state index in [9.17, 15) is 35.5 Å². The van der Waals surface area contributed by atoms with Gasteiger partial charge >= 0.3 is 12.4 Å². The van der Waals surface area contributed by atoms with Gasteiger partial charge in [-0.2, -0.15) is 26.3 Å². The number of likely N-dealkylation sites (tertiary alicyclic amines) is 1. The van der Waals surface area contributed by atoms with E-state index in [1.807, 2.05) is 0 Å². The van der Waals surface area contributed by atoms with Crippen molar-refractivity contribution >= 4 is 5.91 Å². The van der Waals surface area contributed by atoms with Crippen molar-refractivity contribution in [2.24, 2.45) is 5.73 Å². The van der Waals surface area contributed by atoms with Crippen molar-refractivity contribution < 1.29 is 35.5 Å². The quantitative estimate of drug-likeness (QED) is 0.469. The number of benzene rings is 2. The summed E-state index contributed by atoms with van der Waals surface area (Å²) in [6.45, 7) is 4.68. The number of piperidine rings is 1. The second kappa shape index (κ2) is 9.44. The zero-order chi connectivity index (χ0) is 26.3. The van der Waals surface area contributed by atoms with Gasteiger partial charge in [0, 0.05) is 12.5 Å². The Balaban J connectivity index is 2.00. The van der Waals surface area contributed by atoms with Crippen LogP contribution >= 0.6 is 0 Å². The van der Waals surface area contributed by atoms with E-state index >= 15 is 0 Å². The van der Waals surface area contributed by atoms with Crippen molar-refractivity contribution in [3.05, 3.63) is 70.0 Å². The van der Waals surface area contributed by atoms with Crippen LogP contribution in [0, 0.1) is 12.7 Å². The highest BCUT2D eigenvalue weighted by atomic mass is 19.4. The first-order chi connectivity index (χ1) is 16.0. The minimum absolute atomic E-state index is 0.0455. The highest BCUT2D eigenvalue weighted by molar-refractivity contribution is 5.87. The van der Waals surface area contributed by atoms with Crippen LogP contribution in [0.15, 0.2) is 36.4 Å². The lowest BCUT2D eigenvalue weighted by Gasteiger charge is -2.43. The fourth-order valence-electron chi connectivity index (χ4n) is 4.58. The lowest BCUT2D eigenvalue weighted by Crippen LogP contribution is -2.57. The summed E-state index contributed by atoms with van der Waals surface area (Å²) in [5.41, 5.74) is 2.66. The number of hydrogen-bond donors (Lipinski definition) is 1. The van der Waals surface area contributed by atoms with Crippen LogP contribution in [0.5, 0.6) is 0 Å². The third-order valence-corrected chi connectivity index (χ3v) is 6.82. The molecule has 0 spiro atoms. The van der Waals surface area contributed by atoms with Gasteiger partial charge in [0.25, 0.3) is 0 Å². The van der Waals surface area contributed by atoms with E-state index in [2.05, 4.69) is 0 Å². The Morgan fingerprint density at radius 3 is 2.09 bits per heavy atom. The molecule has 1 amide bonds. The molecule has 0 saturated carbocycles. The maximum atomic E-state index is 13.6. The Bertz CT molecular complexity index is 1060. The van der Waals surface area contributed by atoms with Crippen LogP contribution in [0.2, 0.25) is 0 Å². The minimum Gasteiger partial charge on any atom is -0.334 e. The number of nitrogens with two attached hydrogens (primary N) is 1. The van der Waals surface area contributed by atoms with Crippen LogP contribution in [0.25, 0.3) is 0 Å². The monoisotopic (exact) mass is 504 g/mol. The summed E-state index contributed by atoms with van der Waals surface area (Å²) < 4.78 is 93.7. The van der Waals surface area contributed by atoms with Crippen molar-refractivity contribution in [2.75, 3.05) is 6.54 Å². The zero-order valence-electron chi connectivity index (χ0n) is 19.5. The lowest BCUT2D eigenvalue weighted by atomic mass is 9.79. The van der Waals surface area contributed by atoms with Crippen molar-refractivity contribution in [1.82, 2.24) is 4.90 Å². The molecule has 35 heavy (non-hydrogen) atoms. The number of alkyl halides is 6. The van der Waals surface area contributed by atoms with Gasteiger partial charge < -0.3 is 10.6 Å². The van der Waals surface area contributed by atoms with E-state index in [0.717, 1.165) is 12.0 Å². The Hall–Kier alpha value is -2.62. The molecule has 2 aromatic rings. The van der Waals surface area contributed by atoms with Gasteiger partial charge in [-0.3, -0.25) is 4.79 Å². The number of amides is 1. The molecule has 3 nitrogen and oxygen atoms in total. The molecule has 3 atom stereocenters. The molecule has 192 valence electrons. The van der Waals surface area contributed by atoms with E-state index in [-0.39, 0.29) is 11.6 Å². The van der Waals surface area contributed by atoms with E-state index in [1.54, 1.807) is 13.0 Å². The summed E-state index contributed by atoms with van der Waals surface area (Å²) in [4.78, 5) is 15.2. The maximum absolute atomic E-state index is 13.6. The standard InChI is InChI=1S/C25H27F7N2O/c1-14-10-19(26)7-8-20(14)21-6-4-5-9-34(21)22(35)23(3,33)15(2)16-11-17(24(27,28)29)13-18(12-16)25(30,31)32/h7-8,10-13,15,21H,4-6,9,33H2,1-3H3/t15-,21+,23?/m0/s1. The number of hydrogen-bond acceptors (Lipinski definition) is 2. The van der Waals surface area contributed by atoms with E-state index < -0.39 is 52.7 Å². The molecule has 10 heteroatoms. The van der Waals surface area contributed by atoms with Crippen LogP contribution in [0.1, 0.15) is 72.9 Å². The second-order valence-corrected chi connectivity index (χ2v) is 9.35. The molecule has 0 aromatic heterocycles. The summed E-state index contributed by atoms with van der Waals surface area (Å²) >= 11 is 0. The third kappa shape index (κ3) is 5.63. The average Bonchev–Trinajstić information content (AvgIpc) is 2.76. The molecule has 1 aliphatic rings. The first-order valence-corrected chi connectivity index (χ1v) is 11.2. The molecular weight excluding hydrogens is 477 g/mol. The highest BCUT2D eigenvalue weighted by Crippen LogP contribution is 2.41. The predicted molar refractivity (Wildman–Crippen MR) is 117 cm³/mol. The van der Waals surface area contributed by atoms with Crippen molar-refractivity contribution in [3.8, 4) is 0 Å². The van der Waals surface area contributed by atoms with Crippen molar-refractivity contribution in [2.45, 2.75) is 69.9 Å². The van der Waals surface area contributed by atoms with Crippen molar-refractivity contribution in [3.63, 3.8) is 0 Å². The third-order valence-electron chi connectivity index (χ3n) is 6.82. The molecule has 2 N–H and O–H groups in total. The fourth-order valence-corrected chi connectivity index (χ4v) is 4.58. The summed E-state index contributed by atoms with van der Waals surface area (Å²) in [7, 11) is 0. The normalized spacial score (nSPS) is 19.9. The summed E-state index contributed by atoms with van der Waals surface area (Å²) in [6, 6.07) is 5.04. The number of carbonyl (C=O) groups is 1. The molecule has 1 fully saturated rings. The van der Waals surface area contributed by atoms with Gasteiger partial charge in [0.05, 0.1) is 22.7 Å². The van der Waals surface area contributed by atoms with E-state index in [4.69, 9.17) is 5.73 Å². The number of halogens is 7. The Kier molecular flexibility index (Phi) is 7.28. The van der Waals surface area contributed by atoms with Crippen LogP contribution in [0.4, 0.5) is 30.7 Å². The molecular formula is C25H27F7N2O. The highest BCUT2D eigenvalue weighted by Gasteiger charge is 2.44. The predicted octanol–water partition coefficient (Wildman–Crippen LogP) is 6.75. The van der Waals surface area contributed by atoms with Crippen LogP contribution < -0.4 is 5.73 Å². The van der Waals surface area contributed by atoms with Gasteiger partial charge in [-0.1, -0.05) is 13.0 Å². The minimum atomic E-state index is -5.01. The largest absolute Gasteiger partial charge is 0.416 e. The SMILES string of the molecule is Cc1cc(F)ccc1[C@H]1CCCCN1C(=O)C(C)(N)[C@@H](C)c1cc(C(F)(F)F)cc(C(F)(F)F)c1. The number of rotatable bonds is 4. The molecule has 1 unspecified atom stereocenters. The Morgan fingerprint density at radius 1 is 1.00 bits per heavy atom. The first kappa shape index (κ1) is 27.0. The van der Waals surface area contributed by atoms with Gasteiger partial charge in [0.1, 0.15) is 5.82 Å². The molecule has 1 aliphatic heterocycles. The molecule has 3 rings (SSSR count). The Labute approximate surface area is 199 Å². The van der Waals surface area contributed by atoms with Gasteiger partial charge in [-0.05, 0) is 80.1 Å². The molecule has 0 radical (unpaired) electrons. The van der Waals surface area contributed by atoms with Gasteiger partial charge in [0.15, 0.2) is 0 Å². The lowest BCUT2D eigenvalue weighted by molar-refractivity contribution is -0.143. The molecule has 0 bridgehead atoms. The average molecular weight is 504 g/mol. The van der Waals surface area contributed by atoms with Gasteiger partial charge in [-0.25, -0.2) is 4.39 Å². The summed E-state index contributed by atoms with van der Waals surface area (Å²) in [6.07, 6.45) is -7.99. The van der Waals surface area contributed by atoms with Crippen LogP contribution in [-0.2, 0) is 17.1 Å². The zero-order valence-corrected chi connectivity index (χ0v) is 19.5. The fraction of sp³-hybridized carbons (Fsp3) is 0.480. The number of carbonyl (C=O) groups excluding carboxylic acids is 1. The summed E-state index contributed by atoms with van der Waals surface area (Å²) in [5, 5.41) is 0. The van der Waals surface area contributed by atoms with Gasteiger partial charge in [0.2, 0.25) is 5.91 Å². The van der Waals surface area contributed by atoms with Crippen LogP contribution in [-0.4, -0.2) is 22.9 Å². The summed E-state index contributed by atoms with van der Waals surface area (Å²) in [5.74, 6) is -2.19. The van der Waals surface area contributed by atoms with E-state index in [0.29, 0.717) is 37.1 Å². The molecule has 0 aliphatic carbocycles. The molecule has 1 saturated heterocycles. The first-order valence-electron chi connectivity index (χ1n) is 11.2. The van der Waals surface area contributed by atoms with E-state index in [1.165, 1.54) is 30.9 Å². The number of nitrogens with zero attached hydrogens (tertiary/aromatic N) is 1. The van der Waals surface area contributed by atoms with Crippen LogP contribution in [0.3, 0.4) is 0 Å². The topological polar surface area (TPSA) is 46.3 Å². The molecule has 2 aromatic carbocycles.